The zero-order chi connectivity index (χ0) is 14.5. The molecule has 0 bridgehead atoms. The second kappa shape index (κ2) is 6.06. The monoisotopic (exact) mass is 271 g/mol. The number of rotatable bonds is 4. The lowest BCUT2D eigenvalue weighted by Crippen LogP contribution is -2.21. The average molecular weight is 271 g/mol. The van der Waals surface area contributed by atoms with Gasteiger partial charge in [0.05, 0.1) is 0 Å². The van der Waals surface area contributed by atoms with Gasteiger partial charge in [0, 0.05) is 11.4 Å². The van der Waals surface area contributed by atoms with Gasteiger partial charge < -0.3 is 15.8 Å². The average Bonchev–Trinajstić information content (AvgIpc) is 2.37. The molecular weight excluding hydrogens is 254 g/mol. The smallest absolute Gasteiger partial charge is 0.263 e. The predicted molar refractivity (Wildman–Crippen MR) is 78.7 cm³/mol. The van der Waals surface area contributed by atoms with Gasteiger partial charge in [-0.05, 0) is 55.8 Å². The van der Waals surface area contributed by atoms with Gasteiger partial charge in [0.1, 0.15) is 11.6 Å². The molecule has 0 aliphatic carbocycles. The number of nitrogen functional groups attached to an aromatic ring is 1. The first-order chi connectivity index (χ1) is 9.52. The molecule has 0 saturated carbocycles. The predicted octanol–water partition coefficient (Wildman–Crippen LogP) is 2.30. The van der Waals surface area contributed by atoms with Crippen LogP contribution in [0.1, 0.15) is 11.3 Å². The van der Waals surface area contributed by atoms with Crippen LogP contribution in [0.25, 0.3) is 0 Å². The number of benzene rings is 1. The third-order valence-corrected chi connectivity index (χ3v) is 2.62. The van der Waals surface area contributed by atoms with Gasteiger partial charge in [-0.2, -0.15) is 0 Å². The van der Waals surface area contributed by atoms with Crippen molar-refractivity contribution in [3.63, 3.8) is 0 Å². The van der Waals surface area contributed by atoms with Crippen LogP contribution in [0.4, 0.5) is 11.5 Å². The second-order valence-corrected chi connectivity index (χ2v) is 4.58. The van der Waals surface area contributed by atoms with Crippen LogP contribution in [0.5, 0.6) is 5.75 Å². The number of carbonyl (C=O) groups excluding carboxylic acids is 1. The normalized spacial score (nSPS) is 10.1. The first-order valence-corrected chi connectivity index (χ1v) is 6.26. The molecule has 5 nitrogen and oxygen atoms in total. The maximum absolute atomic E-state index is 11.8. The Hall–Kier alpha value is -2.56. The first-order valence-electron chi connectivity index (χ1n) is 6.26. The Labute approximate surface area is 117 Å². The number of aryl methyl sites for hydroxylation is 2. The summed E-state index contributed by atoms with van der Waals surface area (Å²) in [5.41, 5.74) is 8.13. The fourth-order valence-corrected chi connectivity index (χ4v) is 1.80. The van der Waals surface area contributed by atoms with Gasteiger partial charge in [0.15, 0.2) is 6.61 Å². The topological polar surface area (TPSA) is 77.2 Å². The van der Waals surface area contributed by atoms with Crippen LogP contribution in [0.2, 0.25) is 0 Å². The van der Waals surface area contributed by atoms with Crippen LogP contribution in [-0.2, 0) is 4.79 Å². The molecular formula is C15H17N3O2. The Kier molecular flexibility index (Phi) is 4.20. The lowest BCUT2D eigenvalue weighted by molar-refractivity contribution is -0.118. The molecule has 0 aliphatic heterocycles. The number of hydrogen-bond acceptors (Lipinski definition) is 4. The molecule has 20 heavy (non-hydrogen) atoms. The lowest BCUT2D eigenvalue weighted by Gasteiger charge is -2.08. The summed E-state index contributed by atoms with van der Waals surface area (Å²) in [5, 5.41) is 2.71. The fourth-order valence-electron chi connectivity index (χ4n) is 1.80. The molecule has 2 rings (SSSR count). The van der Waals surface area contributed by atoms with Gasteiger partial charge >= 0.3 is 0 Å². The maximum Gasteiger partial charge on any atom is 0.263 e. The molecule has 0 spiro atoms. The molecule has 104 valence electrons. The summed E-state index contributed by atoms with van der Waals surface area (Å²) in [5.74, 6) is 0.885. The highest BCUT2D eigenvalue weighted by Crippen LogP contribution is 2.13. The summed E-state index contributed by atoms with van der Waals surface area (Å²) >= 11 is 0. The highest BCUT2D eigenvalue weighted by molar-refractivity contribution is 5.91. The molecule has 0 aliphatic rings. The Morgan fingerprint density at radius 2 is 1.95 bits per heavy atom. The SMILES string of the molecule is Cc1cc(C)nc(NC(=O)COc2ccc(N)cc2)c1. The Bertz CT molecular complexity index is 589. The minimum Gasteiger partial charge on any atom is -0.484 e. The number of anilines is 2. The van der Waals surface area contributed by atoms with Crippen molar-refractivity contribution in [3.05, 3.63) is 47.7 Å². The zero-order valence-electron chi connectivity index (χ0n) is 11.5. The van der Waals surface area contributed by atoms with Crippen LogP contribution in [0.3, 0.4) is 0 Å². The summed E-state index contributed by atoms with van der Waals surface area (Å²) in [6, 6.07) is 10.6. The van der Waals surface area contributed by atoms with Crippen LogP contribution in [0, 0.1) is 13.8 Å². The first kappa shape index (κ1) is 13.9. The van der Waals surface area contributed by atoms with E-state index in [1.54, 1.807) is 24.3 Å². The van der Waals surface area contributed by atoms with Crippen molar-refractivity contribution >= 4 is 17.4 Å². The van der Waals surface area contributed by atoms with Gasteiger partial charge in [-0.15, -0.1) is 0 Å². The molecule has 0 saturated heterocycles. The molecule has 1 heterocycles. The van der Waals surface area contributed by atoms with E-state index in [1.807, 2.05) is 26.0 Å². The number of nitrogens with two attached hydrogens (primary N) is 1. The van der Waals surface area contributed by atoms with Crippen molar-refractivity contribution in [1.29, 1.82) is 0 Å². The van der Waals surface area contributed by atoms with Gasteiger partial charge in [0.25, 0.3) is 5.91 Å². The number of hydrogen-bond donors (Lipinski definition) is 2. The van der Waals surface area contributed by atoms with Crippen LogP contribution in [-0.4, -0.2) is 17.5 Å². The van der Waals surface area contributed by atoms with E-state index in [4.69, 9.17) is 10.5 Å². The molecule has 0 fully saturated rings. The standard InChI is InChI=1S/C15H17N3O2/c1-10-7-11(2)17-14(8-10)18-15(19)9-20-13-5-3-12(16)4-6-13/h3-8H,9,16H2,1-2H3,(H,17,18,19). The molecule has 0 unspecified atom stereocenters. The molecule has 2 aromatic rings. The summed E-state index contributed by atoms with van der Waals surface area (Å²) in [7, 11) is 0. The van der Waals surface area contributed by atoms with Crippen molar-refractivity contribution in [2.75, 3.05) is 17.7 Å². The maximum atomic E-state index is 11.8. The van der Waals surface area contributed by atoms with E-state index in [2.05, 4.69) is 10.3 Å². The summed E-state index contributed by atoms with van der Waals surface area (Å²) < 4.78 is 5.36. The summed E-state index contributed by atoms with van der Waals surface area (Å²) in [6.45, 7) is 3.77. The number of amides is 1. The van der Waals surface area contributed by atoms with E-state index in [1.165, 1.54) is 0 Å². The molecule has 1 amide bonds. The Morgan fingerprint density at radius 1 is 1.25 bits per heavy atom. The van der Waals surface area contributed by atoms with Crippen LogP contribution < -0.4 is 15.8 Å². The van der Waals surface area contributed by atoms with Crippen molar-refractivity contribution in [2.24, 2.45) is 0 Å². The van der Waals surface area contributed by atoms with Gasteiger partial charge in [0.2, 0.25) is 0 Å². The number of aromatic nitrogens is 1. The zero-order valence-corrected chi connectivity index (χ0v) is 11.5. The second-order valence-electron chi connectivity index (χ2n) is 4.58. The molecule has 1 aromatic carbocycles. The van der Waals surface area contributed by atoms with Gasteiger partial charge in [-0.1, -0.05) is 0 Å². The third-order valence-electron chi connectivity index (χ3n) is 2.62. The number of nitrogens with one attached hydrogen (secondary N) is 1. The van der Waals surface area contributed by atoms with Gasteiger partial charge in [-0.3, -0.25) is 4.79 Å². The minimum absolute atomic E-state index is 0.0708. The number of carbonyl (C=O) groups is 1. The molecule has 5 heteroatoms. The van der Waals surface area contributed by atoms with E-state index in [0.29, 0.717) is 17.3 Å². The Balaban J connectivity index is 1.90. The quantitative estimate of drug-likeness (QED) is 0.836. The fraction of sp³-hybridized carbons (Fsp3) is 0.200. The van der Waals surface area contributed by atoms with Gasteiger partial charge in [-0.25, -0.2) is 4.98 Å². The van der Waals surface area contributed by atoms with Crippen molar-refractivity contribution in [3.8, 4) is 5.75 Å². The molecule has 1 aromatic heterocycles. The minimum atomic E-state index is -0.251. The number of nitrogens with zero attached hydrogens (tertiary/aromatic N) is 1. The highest BCUT2D eigenvalue weighted by atomic mass is 16.5. The summed E-state index contributed by atoms with van der Waals surface area (Å²) in [6.07, 6.45) is 0. The molecule has 0 radical (unpaired) electrons. The molecule has 3 N–H and O–H groups in total. The van der Waals surface area contributed by atoms with E-state index < -0.39 is 0 Å². The third kappa shape index (κ3) is 3.98. The van der Waals surface area contributed by atoms with E-state index in [-0.39, 0.29) is 12.5 Å². The lowest BCUT2D eigenvalue weighted by atomic mass is 10.2. The number of ether oxygens (including phenoxy) is 1. The summed E-state index contributed by atoms with van der Waals surface area (Å²) in [4.78, 5) is 16.0. The van der Waals surface area contributed by atoms with Crippen LogP contribution in [0.15, 0.2) is 36.4 Å². The molecule has 0 atom stereocenters. The van der Waals surface area contributed by atoms with Crippen molar-refractivity contribution in [1.82, 2.24) is 4.98 Å². The van der Waals surface area contributed by atoms with E-state index in [9.17, 15) is 4.79 Å². The Morgan fingerprint density at radius 3 is 2.60 bits per heavy atom. The van der Waals surface area contributed by atoms with E-state index in [0.717, 1.165) is 11.3 Å². The highest BCUT2D eigenvalue weighted by Gasteiger charge is 2.05. The van der Waals surface area contributed by atoms with E-state index >= 15 is 0 Å². The van der Waals surface area contributed by atoms with Crippen molar-refractivity contribution < 1.29 is 9.53 Å². The van der Waals surface area contributed by atoms with Crippen LogP contribution >= 0.6 is 0 Å². The number of pyridine rings is 1. The largest absolute Gasteiger partial charge is 0.484 e. The van der Waals surface area contributed by atoms with Crippen molar-refractivity contribution in [2.45, 2.75) is 13.8 Å².